The van der Waals surface area contributed by atoms with Gasteiger partial charge in [-0.05, 0) is 30.0 Å². The molecule has 164 valence electrons. The predicted octanol–water partition coefficient (Wildman–Crippen LogP) is 3.18. The number of benzene rings is 1. The second kappa shape index (κ2) is 9.04. The summed E-state index contributed by atoms with van der Waals surface area (Å²) < 4.78 is 6.51. The third kappa shape index (κ3) is 4.86. The van der Waals surface area contributed by atoms with Crippen molar-refractivity contribution < 1.29 is 14.3 Å². The minimum atomic E-state index is -0.343. The predicted molar refractivity (Wildman–Crippen MR) is 117 cm³/mol. The summed E-state index contributed by atoms with van der Waals surface area (Å²) in [6.45, 7) is 6.12. The van der Waals surface area contributed by atoms with E-state index in [2.05, 4.69) is 35.4 Å². The lowest BCUT2D eigenvalue weighted by molar-refractivity contribution is -0.122. The van der Waals surface area contributed by atoms with Crippen LogP contribution >= 0.6 is 0 Å². The largest absolute Gasteiger partial charge is 0.487 e. The molecule has 0 radical (unpaired) electrons. The summed E-state index contributed by atoms with van der Waals surface area (Å²) in [6, 6.07) is 9.73. The molecule has 2 aliphatic rings. The number of hydrogen-bond donors (Lipinski definition) is 1. The van der Waals surface area contributed by atoms with Crippen molar-refractivity contribution >= 4 is 11.8 Å². The Morgan fingerprint density at radius 1 is 1.19 bits per heavy atom. The van der Waals surface area contributed by atoms with Crippen molar-refractivity contribution in [3.63, 3.8) is 0 Å². The average molecular weight is 423 g/mol. The normalized spacial score (nSPS) is 19.6. The van der Waals surface area contributed by atoms with E-state index >= 15 is 0 Å². The third-order valence-electron chi connectivity index (χ3n) is 6.24. The van der Waals surface area contributed by atoms with E-state index in [1.54, 1.807) is 6.07 Å². The molecule has 4 rings (SSSR count). The van der Waals surface area contributed by atoms with Gasteiger partial charge >= 0.3 is 0 Å². The topological polar surface area (TPSA) is 84.4 Å². The zero-order valence-corrected chi connectivity index (χ0v) is 18.2. The molecule has 1 atom stereocenters. The van der Waals surface area contributed by atoms with Crippen LogP contribution in [0.25, 0.3) is 0 Å². The van der Waals surface area contributed by atoms with E-state index in [9.17, 15) is 9.59 Å². The quantitative estimate of drug-likeness (QED) is 0.800. The summed E-state index contributed by atoms with van der Waals surface area (Å²) in [5, 5.41) is 10.6. The highest BCUT2D eigenvalue weighted by Crippen LogP contribution is 2.46. The number of nitrogens with one attached hydrogen (secondary N) is 1. The van der Waals surface area contributed by atoms with Gasteiger partial charge in [0.25, 0.3) is 5.91 Å². The van der Waals surface area contributed by atoms with Gasteiger partial charge in [-0.3, -0.25) is 9.59 Å². The molecule has 0 aliphatic carbocycles. The number of rotatable bonds is 5. The number of hydrogen-bond acceptors (Lipinski definition) is 5. The van der Waals surface area contributed by atoms with Crippen molar-refractivity contribution in [2.45, 2.75) is 51.0 Å². The second-order valence-electron chi connectivity index (χ2n) is 9.05. The molecule has 2 amide bonds. The Bertz CT molecular complexity index is 923. The van der Waals surface area contributed by atoms with Crippen molar-refractivity contribution in [1.82, 2.24) is 20.4 Å². The van der Waals surface area contributed by atoms with Crippen LogP contribution in [0.1, 0.15) is 61.4 Å². The molecule has 2 aromatic rings. The van der Waals surface area contributed by atoms with Crippen molar-refractivity contribution in [2.24, 2.45) is 5.92 Å². The number of carbonyl (C=O) groups is 2. The fraction of sp³-hybridized carbons (Fsp3) is 0.500. The summed E-state index contributed by atoms with van der Waals surface area (Å²) in [6.07, 6.45) is 5.78. The summed E-state index contributed by atoms with van der Waals surface area (Å²) >= 11 is 0. The molecule has 0 bridgehead atoms. The van der Waals surface area contributed by atoms with Crippen LogP contribution in [0.5, 0.6) is 5.75 Å². The summed E-state index contributed by atoms with van der Waals surface area (Å²) in [5.41, 5.74) is 1.32. The van der Waals surface area contributed by atoms with Crippen LogP contribution in [0, 0.1) is 5.92 Å². The van der Waals surface area contributed by atoms with Crippen LogP contribution < -0.4 is 10.1 Å². The minimum absolute atomic E-state index is 0.0226. The van der Waals surface area contributed by atoms with Crippen LogP contribution in [0.15, 0.2) is 42.7 Å². The van der Waals surface area contributed by atoms with Gasteiger partial charge in [-0.25, -0.2) is 0 Å². The number of fused-ring (bicyclic) bond motifs is 1. The highest BCUT2D eigenvalue weighted by Gasteiger charge is 2.44. The van der Waals surface area contributed by atoms with E-state index in [1.165, 1.54) is 12.4 Å². The molecule has 7 nitrogen and oxygen atoms in total. The number of ether oxygens (including phenoxy) is 1. The van der Waals surface area contributed by atoms with Gasteiger partial charge in [-0.2, -0.15) is 10.2 Å². The molecule has 0 unspecified atom stereocenters. The highest BCUT2D eigenvalue weighted by atomic mass is 16.5. The summed E-state index contributed by atoms with van der Waals surface area (Å²) in [7, 11) is 0. The first kappa shape index (κ1) is 21.3. The molecular weight excluding hydrogens is 392 g/mol. The second-order valence-corrected chi connectivity index (χ2v) is 9.05. The lowest BCUT2D eigenvalue weighted by Gasteiger charge is -2.47. The van der Waals surface area contributed by atoms with Crippen LogP contribution in [-0.4, -0.2) is 52.1 Å². The molecule has 3 heterocycles. The maximum atomic E-state index is 12.8. The molecule has 1 spiro atoms. The maximum absolute atomic E-state index is 12.8. The number of amides is 2. The minimum Gasteiger partial charge on any atom is -0.487 e. The molecule has 31 heavy (non-hydrogen) atoms. The SMILES string of the molecule is CC(C)CNC(=O)C[C@@H]1CC2(CCN(C(=O)c3ccnnc3)CC2)Oc2ccccc21. The zero-order chi connectivity index (χ0) is 21.8. The molecule has 0 saturated carbocycles. The molecule has 1 fully saturated rings. The Morgan fingerprint density at radius 2 is 1.97 bits per heavy atom. The first-order valence-corrected chi connectivity index (χ1v) is 11.1. The number of likely N-dealkylation sites (tertiary alicyclic amines) is 1. The molecule has 1 aromatic heterocycles. The molecule has 1 saturated heterocycles. The van der Waals surface area contributed by atoms with E-state index in [4.69, 9.17) is 4.74 Å². The smallest absolute Gasteiger partial charge is 0.255 e. The third-order valence-corrected chi connectivity index (χ3v) is 6.24. The molecule has 1 aromatic carbocycles. The summed E-state index contributed by atoms with van der Waals surface area (Å²) in [4.78, 5) is 27.2. The van der Waals surface area contributed by atoms with Crippen molar-refractivity contribution in [3.05, 3.63) is 53.9 Å². The van der Waals surface area contributed by atoms with Gasteiger partial charge in [0.05, 0.1) is 18.0 Å². The van der Waals surface area contributed by atoms with Crippen molar-refractivity contribution in [2.75, 3.05) is 19.6 Å². The Hall–Kier alpha value is -2.96. The lowest BCUT2D eigenvalue weighted by Crippen LogP contribution is -2.52. The van der Waals surface area contributed by atoms with Crippen LogP contribution in [0.2, 0.25) is 0 Å². The van der Waals surface area contributed by atoms with E-state index in [0.717, 1.165) is 30.6 Å². The Labute approximate surface area is 183 Å². The van der Waals surface area contributed by atoms with Gasteiger partial charge in [0.2, 0.25) is 5.91 Å². The van der Waals surface area contributed by atoms with Crippen molar-refractivity contribution in [1.29, 1.82) is 0 Å². The number of aromatic nitrogens is 2. The van der Waals surface area contributed by atoms with Gasteiger partial charge in [-0.15, -0.1) is 0 Å². The molecular formula is C24H30N4O3. The van der Waals surface area contributed by atoms with Crippen LogP contribution in [0.3, 0.4) is 0 Å². The lowest BCUT2D eigenvalue weighted by atomic mass is 9.76. The van der Waals surface area contributed by atoms with Gasteiger partial charge in [0.1, 0.15) is 11.4 Å². The van der Waals surface area contributed by atoms with Gasteiger partial charge in [0.15, 0.2) is 0 Å². The van der Waals surface area contributed by atoms with E-state index in [-0.39, 0.29) is 23.3 Å². The first-order chi connectivity index (χ1) is 15.0. The number of para-hydroxylation sites is 1. The Kier molecular flexibility index (Phi) is 6.20. The maximum Gasteiger partial charge on any atom is 0.255 e. The van der Waals surface area contributed by atoms with Crippen LogP contribution in [0.4, 0.5) is 0 Å². The standard InChI is InChI=1S/C24H30N4O3/c1-17(2)15-25-22(29)13-19-14-24(31-21-6-4-3-5-20(19)21)8-11-28(12-9-24)23(30)18-7-10-26-27-16-18/h3-7,10,16-17,19H,8-9,11-15H2,1-2H3,(H,25,29)/t19-/m1/s1. The number of piperidine rings is 1. The van der Waals surface area contributed by atoms with E-state index < -0.39 is 0 Å². The molecule has 7 heteroatoms. The van der Waals surface area contributed by atoms with Gasteiger partial charge in [0, 0.05) is 44.8 Å². The fourth-order valence-corrected chi connectivity index (χ4v) is 4.56. The summed E-state index contributed by atoms with van der Waals surface area (Å²) in [5.74, 6) is 1.47. The van der Waals surface area contributed by atoms with E-state index in [0.29, 0.717) is 37.5 Å². The molecule has 2 aliphatic heterocycles. The first-order valence-electron chi connectivity index (χ1n) is 11.1. The Balaban J connectivity index is 1.46. The Morgan fingerprint density at radius 3 is 2.68 bits per heavy atom. The molecule has 1 N–H and O–H groups in total. The van der Waals surface area contributed by atoms with Gasteiger partial charge in [-0.1, -0.05) is 32.0 Å². The highest BCUT2D eigenvalue weighted by molar-refractivity contribution is 5.93. The zero-order valence-electron chi connectivity index (χ0n) is 18.2. The number of carbonyl (C=O) groups excluding carboxylic acids is 2. The number of nitrogens with zero attached hydrogens (tertiary/aromatic N) is 3. The monoisotopic (exact) mass is 422 g/mol. The van der Waals surface area contributed by atoms with Crippen LogP contribution in [-0.2, 0) is 4.79 Å². The average Bonchev–Trinajstić information content (AvgIpc) is 2.78. The van der Waals surface area contributed by atoms with Gasteiger partial charge < -0.3 is 15.0 Å². The van der Waals surface area contributed by atoms with E-state index in [1.807, 2.05) is 23.1 Å². The fourth-order valence-electron chi connectivity index (χ4n) is 4.56. The van der Waals surface area contributed by atoms with Crippen molar-refractivity contribution in [3.8, 4) is 5.75 Å².